The summed E-state index contributed by atoms with van der Waals surface area (Å²) in [7, 11) is 0. The Morgan fingerprint density at radius 2 is 1.84 bits per heavy atom. The molecule has 38 heavy (non-hydrogen) atoms. The van der Waals surface area contributed by atoms with Crippen molar-refractivity contribution in [3.8, 4) is 23.1 Å². The molecule has 5 rings (SSSR count). The van der Waals surface area contributed by atoms with Crippen molar-refractivity contribution >= 4 is 59.9 Å². The smallest absolute Gasteiger partial charge is 0.282 e. The first-order valence-corrected chi connectivity index (χ1v) is 13.9. The number of furan rings is 1. The van der Waals surface area contributed by atoms with Crippen molar-refractivity contribution in [2.24, 2.45) is 5.10 Å². The highest BCUT2D eigenvalue weighted by molar-refractivity contribution is 9.13. The summed E-state index contributed by atoms with van der Waals surface area (Å²) in [6.45, 7) is 6.44. The van der Waals surface area contributed by atoms with Crippen LogP contribution in [0.5, 0.6) is 11.5 Å². The number of halogens is 2. The van der Waals surface area contributed by atoms with Crippen LogP contribution >= 0.6 is 31.9 Å². The second kappa shape index (κ2) is 11.1. The normalized spacial score (nSPS) is 12.4. The molecule has 3 aromatic carbocycles. The van der Waals surface area contributed by atoms with Crippen LogP contribution in [-0.2, 0) is 0 Å². The van der Waals surface area contributed by atoms with Crippen LogP contribution in [0.1, 0.15) is 32.8 Å². The number of aromatic nitrogens is 2. The SMILES string of the molecule is CCOc1cc(C=Nn2c(-c3cc4ccccc4o3)nc3ccccc3c2=O)c(Br)c(Br)c1O[C@H](C)CC. The Bertz CT molecular complexity index is 1690. The number of hydrogen-bond donors (Lipinski definition) is 0. The van der Waals surface area contributed by atoms with Crippen LogP contribution in [0.25, 0.3) is 33.5 Å². The molecule has 2 heterocycles. The van der Waals surface area contributed by atoms with Gasteiger partial charge in [-0.3, -0.25) is 4.79 Å². The summed E-state index contributed by atoms with van der Waals surface area (Å²) in [4.78, 5) is 18.3. The lowest BCUT2D eigenvalue weighted by molar-refractivity contribution is 0.201. The number of fused-ring (bicyclic) bond motifs is 2. The topological polar surface area (TPSA) is 78.9 Å². The van der Waals surface area contributed by atoms with Gasteiger partial charge in [0.25, 0.3) is 5.56 Å². The van der Waals surface area contributed by atoms with Gasteiger partial charge in [0.05, 0.1) is 34.3 Å². The summed E-state index contributed by atoms with van der Waals surface area (Å²) in [6, 6.07) is 18.5. The van der Waals surface area contributed by atoms with Gasteiger partial charge in [0.1, 0.15) is 5.58 Å². The van der Waals surface area contributed by atoms with Crippen molar-refractivity contribution in [2.45, 2.75) is 33.3 Å². The van der Waals surface area contributed by atoms with Gasteiger partial charge in [-0.05, 0) is 82.5 Å². The number of hydrogen-bond acceptors (Lipinski definition) is 6. The Labute approximate surface area is 236 Å². The maximum Gasteiger partial charge on any atom is 0.282 e. The molecule has 0 aliphatic heterocycles. The fourth-order valence-corrected chi connectivity index (χ4v) is 4.87. The molecular weight excluding hydrogens is 614 g/mol. The highest BCUT2D eigenvalue weighted by atomic mass is 79.9. The predicted octanol–water partition coefficient (Wildman–Crippen LogP) is 7.79. The van der Waals surface area contributed by atoms with E-state index in [1.165, 1.54) is 4.68 Å². The Morgan fingerprint density at radius 1 is 1.08 bits per heavy atom. The van der Waals surface area contributed by atoms with Crippen LogP contribution in [0.4, 0.5) is 0 Å². The van der Waals surface area contributed by atoms with E-state index in [2.05, 4.69) is 43.9 Å². The van der Waals surface area contributed by atoms with Gasteiger partial charge < -0.3 is 13.9 Å². The van der Waals surface area contributed by atoms with E-state index in [9.17, 15) is 4.79 Å². The van der Waals surface area contributed by atoms with Crippen LogP contribution in [0.15, 0.2) is 83.9 Å². The van der Waals surface area contributed by atoms with E-state index < -0.39 is 0 Å². The van der Waals surface area contributed by atoms with Crippen molar-refractivity contribution in [3.63, 3.8) is 0 Å². The molecule has 7 nitrogen and oxygen atoms in total. The zero-order valence-corrected chi connectivity index (χ0v) is 24.2. The van der Waals surface area contributed by atoms with Crippen LogP contribution in [0.3, 0.4) is 0 Å². The third kappa shape index (κ3) is 5.00. The largest absolute Gasteiger partial charge is 0.490 e. The van der Waals surface area contributed by atoms with Gasteiger partial charge in [-0.1, -0.05) is 37.3 Å². The van der Waals surface area contributed by atoms with Crippen LogP contribution in [0.2, 0.25) is 0 Å². The first kappa shape index (κ1) is 26.2. The molecule has 194 valence electrons. The molecule has 9 heteroatoms. The second-order valence-electron chi connectivity index (χ2n) is 8.65. The van der Waals surface area contributed by atoms with Gasteiger partial charge in [0.15, 0.2) is 17.3 Å². The van der Waals surface area contributed by atoms with Gasteiger partial charge in [-0.25, -0.2) is 4.98 Å². The number of nitrogens with zero attached hydrogens (tertiary/aromatic N) is 3. The van der Waals surface area contributed by atoms with Crippen molar-refractivity contribution in [1.82, 2.24) is 9.66 Å². The molecule has 0 fully saturated rings. The summed E-state index contributed by atoms with van der Waals surface area (Å²) in [5.41, 5.74) is 1.64. The molecule has 2 aromatic heterocycles. The zero-order valence-electron chi connectivity index (χ0n) is 21.1. The molecule has 0 aliphatic carbocycles. The number of ether oxygens (including phenoxy) is 2. The summed E-state index contributed by atoms with van der Waals surface area (Å²) < 4.78 is 20.8. The molecule has 1 atom stereocenters. The summed E-state index contributed by atoms with van der Waals surface area (Å²) in [5.74, 6) is 1.93. The fourth-order valence-electron chi connectivity index (χ4n) is 3.96. The quantitative estimate of drug-likeness (QED) is 0.162. The molecular formula is C29H25Br2N3O4. The van der Waals surface area contributed by atoms with E-state index in [0.717, 1.165) is 16.3 Å². The minimum absolute atomic E-state index is 0.00513. The first-order chi connectivity index (χ1) is 18.4. The highest BCUT2D eigenvalue weighted by Crippen LogP contribution is 2.43. The van der Waals surface area contributed by atoms with Gasteiger partial charge in [-0.2, -0.15) is 9.78 Å². The summed E-state index contributed by atoms with van der Waals surface area (Å²) in [6.07, 6.45) is 2.45. The lowest BCUT2D eigenvalue weighted by Gasteiger charge is -2.19. The van der Waals surface area contributed by atoms with Crippen LogP contribution in [-0.4, -0.2) is 28.6 Å². The molecule has 0 aliphatic rings. The van der Waals surface area contributed by atoms with Gasteiger partial charge in [0.2, 0.25) is 5.82 Å². The third-order valence-corrected chi connectivity index (χ3v) is 8.20. The third-order valence-electron chi connectivity index (χ3n) is 6.06. The summed E-state index contributed by atoms with van der Waals surface area (Å²) in [5, 5.41) is 5.96. The minimum Gasteiger partial charge on any atom is -0.490 e. The van der Waals surface area contributed by atoms with E-state index in [0.29, 0.717) is 56.2 Å². The average molecular weight is 639 g/mol. The molecule has 0 amide bonds. The van der Waals surface area contributed by atoms with Gasteiger partial charge >= 0.3 is 0 Å². The molecule has 0 bridgehead atoms. The minimum atomic E-state index is -0.306. The molecule has 0 N–H and O–H groups in total. The van der Waals surface area contributed by atoms with E-state index in [4.69, 9.17) is 18.9 Å². The molecule has 0 saturated carbocycles. The maximum absolute atomic E-state index is 13.6. The highest BCUT2D eigenvalue weighted by Gasteiger charge is 2.20. The fraction of sp³-hybridized carbons (Fsp3) is 0.207. The first-order valence-electron chi connectivity index (χ1n) is 12.3. The van der Waals surface area contributed by atoms with Crippen LogP contribution < -0.4 is 15.0 Å². The van der Waals surface area contributed by atoms with Gasteiger partial charge in [0, 0.05) is 15.4 Å². The standard InChI is InChI=1S/C29H25Br2N3O4/c1-4-17(3)37-27-23(36-5-2)15-19(25(30)26(27)31)16-32-34-28(24-14-18-10-6-9-13-22(18)38-24)33-21-12-8-7-11-20(21)29(34)35/h6-17H,4-5H2,1-3H3/t17-/m1/s1. The van der Waals surface area contributed by atoms with E-state index in [1.54, 1.807) is 24.4 Å². The number of para-hydroxylation sites is 2. The molecule has 5 aromatic rings. The maximum atomic E-state index is 13.6. The van der Waals surface area contributed by atoms with E-state index >= 15 is 0 Å². The lowest BCUT2D eigenvalue weighted by atomic mass is 10.2. The Morgan fingerprint density at radius 3 is 2.61 bits per heavy atom. The Hall–Kier alpha value is -3.43. The van der Waals surface area contributed by atoms with E-state index in [-0.39, 0.29) is 11.7 Å². The van der Waals surface area contributed by atoms with Gasteiger partial charge in [-0.15, -0.1) is 0 Å². The van der Waals surface area contributed by atoms with Crippen LogP contribution in [0, 0.1) is 0 Å². The van der Waals surface area contributed by atoms with Crippen molar-refractivity contribution in [3.05, 3.63) is 85.5 Å². The molecule has 0 unspecified atom stereocenters. The monoisotopic (exact) mass is 637 g/mol. The van der Waals surface area contributed by atoms with E-state index in [1.807, 2.05) is 56.3 Å². The van der Waals surface area contributed by atoms with Crippen molar-refractivity contribution in [2.75, 3.05) is 6.61 Å². The molecule has 0 radical (unpaired) electrons. The molecule has 0 saturated heterocycles. The lowest BCUT2D eigenvalue weighted by Crippen LogP contribution is -2.20. The van der Waals surface area contributed by atoms with Crippen molar-refractivity contribution in [1.29, 1.82) is 0 Å². The second-order valence-corrected chi connectivity index (χ2v) is 10.2. The summed E-state index contributed by atoms with van der Waals surface area (Å²) >= 11 is 7.30. The zero-order chi connectivity index (χ0) is 26.8. The number of rotatable bonds is 8. The Balaban J connectivity index is 1.67. The number of benzene rings is 3. The predicted molar refractivity (Wildman–Crippen MR) is 158 cm³/mol. The van der Waals surface area contributed by atoms with Crippen molar-refractivity contribution < 1.29 is 13.9 Å². The Kier molecular flexibility index (Phi) is 7.67. The molecule has 0 spiro atoms. The average Bonchev–Trinajstić information content (AvgIpc) is 3.37.